The topological polar surface area (TPSA) is 76.2 Å². The van der Waals surface area contributed by atoms with E-state index >= 15 is 0 Å². The lowest BCUT2D eigenvalue weighted by Gasteiger charge is -2.14. The molecule has 0 saturated heterocycles. The quantitative estimate of drug-likeness (QED) is 0.720. The molecule has 1 aromatic carbocycles. The Hall–Kier alpha value is -2.50. The largest absolute Gasteiger partial charge is 0.490 e. The minimum absolute atomic E-state index is 0.00793. The van der Waals surface area contributed by atoms with E-state index in [1.165, 1.54) is 0 Å². The average Bonchev–Trinajstić information content (AvgIpc) is 2.95. The van der Waals surface area contributed by atoms with Gasteiger partial charge in [0.25, 0.3) is 0 Å². The second kappa shape index (κ2) is 9.27. The van der Waals surface area contributed by atoms with Crippen LogP contribution in [0.4, 0.5) is 0 Å². The van der Waals surface area contributed by atoms with Crippen LogP contribution in [0.15, 0.2) is 18.2 Å². The molecule has 1 aromatic heterocycles. The Bertz CT molecular complexity index is 720. The molecule has 26 heavy (non-hydrogen) atoms. The molecule has 142 valence electrons. The first kappa shape index (κ1) is 19.8. The molecular weight excluding hydrogens is 330 g/mol. The summed E-state index contributed by atoms with van der Waals surface area (Å²) in [5, 5.41) is 10.1. The van der Waals surface area contributed by atoms with Crippen molar-refractivity contribution in [1.82, 2.24) is 15.5 Å². The smallest absolute Gasteiger partial charge is 0.227 e. The van der Waals surface area contributed by atoms with E-state index in [4.69, 9.17) is 9.47 Å². The summed E-state index contributed by atoms with van der Waals surface area (Å²) in [5.74, 6) is 1.28. The third kappa shape index (κ3) is 4.77. The number of hydrogen-bond acceptors (Lipinski definition) is 4. The number of benzene rings is 1. The number of carbonyl (C=O) groups is 1. The van der Waals surface area contributed by atoms with Gasteiger partial charge in [-0.3, -0.25) is 9.89 Å². The van der Waals surface area contributed by atoms with Gasteiger partial charge in [-0.15, -0.1) is 0 Å². The molecule has 0 bridgehead atoms. The fraction of sp³-hybridized carbons (Fsp3) is 0.500. The third-order valence-electron chi connectivity index (χ3n) is 4.33. The van der Waals surface area contributed by atoms with Gasteiger partial charge in [0, 0.05) is 17.8 Å². The van der Waals surface area contributed by atoms with E-state index < -0.39 is 0 Å². The minimum atomic E-state index is -0.229. The number of aromatic amines is 1. The Morgan fingerprint density at radius 1 is 1.19 bits per heavy atom. The first-order valence-electron chi connectivity index (χ1n) is 9.15. The van der Waals surface area contributed by atoms with Crippen molar-refractivity contribution in [1.29, 1.82) is 0 Å². The standard InChI is InChI=1S/C20H29N3O3/c1-6-25-17-9-8-16(12-18(17)26-7-2)10-11-21-20(24)13(3)19-14(4)22-23-15(19)5/h8-9,12-13H,6-7,10-11H2,1-5H3,(H,21,24)(H,22,23). The van der Waals surface area contributed by atoms with Crippen molar-refractivity contribution in [2.24, 2.45) is 0 Å². The number of aryl methyl sites for hydroxylation is 2. The lowest BCUT2D eigenvalue weighted by Crippen LogP contribution is -2.30. The highest BCUT2D eigenvalue weighted by Gasteiger charge is 2.20. The first-order valence-corrected chi connectivity index (χ1v) is 9.15. The predicted octanol–water partition coefficient (Wildman–Crippen LogP) is 3.29. The van der Waals surface area contributed by atoms with E-state index in [1.807, 2.05) is 52.8 Å². The first-order chi connectivity index (χ1) is 12.5. The molecule has 0 fully saturated rings. The maximum atomic E-state index is 12.4. The van der Waals surface area contributed by atoms with Crippen LogP contribution < -0.4 is 14.8 Å². The van der Waals surface area contributed by atoms with Gasteiger partial charge in [0.05, 0.1) is 24.8 Å². The summed E-state index contributed by atoms with van der Waals surface area (Å²) in [6.45, 7) is 11.4. The van der Waals surface area contributed by atoms with E-state index in [1.54, 1.807) is 0 Å². The molecular formula is C20H29N3O3. The Labute approximate surface area is 155 Å². The highest BCUT2D eigenvalue weighted by atomic mass is 16.5. The molecule has 1 heterocycles. The minimum Gasteiger partial charge on any atom is -0.490 e. The number of rotatable bonds is 9. The summed E-state index contributed by atoms with van der Waals surface area (Å²) in [6.07, 6.45) is 0.730. The van der Waals surface area contributed by atoms with Gasteiger partial charge >= 0.3 is 0 Å². The Morgan fingerprint density at radius 2 is 1.88 bits per heavy atom. The molecule has 2 N–H and O–H groups in total. The monoisotopic (exact) mass is 359 g/mol. The Balaban J connectivity index is 1.94. The highest BCUT2D eigenvalue weighted by Crippen LogP contribution is 2.28. The molecule has 2 rings (SSSR count). The zero-order valence-corrected chi connectivity index (χ0v) is 16.3. The van der Waals surface area contributed by atoms with E-state index in [0.29, 0.717) is 19.8 Å². The normalized spacial score (nSPS) is 11.9. The van der Waals surface area contributed by atoms with Crippen molar-refractivity contribution in [3.8, 4) is 11.5 Å². The van der Waals surface area contributed by atoms with Crippen molar-refractivity contribution < 1.29 is 14.3 Å². The molecule has 1 unspecified atom stereocenters. The zero-order valence-electron chi connectivity index (χ0n) is 16.3. The molecule has 0 aliphatic rings. The lowest BCUT2D eigenvalue weighted by molar-refractivity contribution is -0.122. The van der Waals surface area contributed by atoms with Gasteiger partial charge in [0.1, 0.15) is 0 Å². The summed E-state index contributed by atoms with van der Waals surface area (Å²) in [5.41, 5.74) is 3.89. The van der Waals surface area contributed by atoms with Crippen molar-refractivity contribution >= 4 is 5.91 Å². The summed E-state index contributed by atoms with van der Waals surface area (Å²) < 4.78 is 11.2. The van der Waals surface area contributed by atoms with Gasteiger partial charge in [0.15, 0.2) is 11.5 Å². The number of hydrogen-bond donors (Lipinski definition) is 2. The number of nitrogens with zero attached hydrogens (tertiary/aromatic N) is 1. The zero-order chi connectivity index (χ0) is 19.1. The van der Waals surface area contributed by atoms with Crippen LogP contribution in [0.5, 0.6) is 11.5 Å². The van der Waals surface area contributed by atoms with Gasteiger partial charge in [-0.25, -0.2) is 0 Å². The lowest BCUT2D eigenvalue weighted by atomic mass is 9.98. The van der Waals surface area contributed by atoms with Crippen molar-refractivity contribution in [3.63, 3.8) is 0 Å². The fourth-order valence-electron chi connectivity index (χ4n) is 3.06. The Kier molecular flexibility index (Phi) is 7.06. The van der Waals surface area contributed by atoms with Crippen LogP contribution in [-0.4, -0.2) is 35.9 Å². The maximum absolute atomic E-state index is 12.4. The van der Waals surface area contributed by atoms with Gasteiger partial charge < -0.3 is 14.8 Å². The van der Waals surface area contributed by atoms with Crippen molar-refractivity contribution in [2.75, 3.05) is 19.8 Å². The van der Waals surface area contributed by atoms with E-state index in [2.05, 4.69) is 15.5 Å². The molecule has 6 heteroatoms. The number of carbonyl (C=O) groups excluding carboxylic acids is 1. The van der Waals surface area contributed by atoms with Crippen LogP contribution in [0.3, 0.4) is 0 Å². The summed E-state index contributed by atoms with van der Waals surface area (Å²) in [4.78, 5) is 12.4. The fourth-order valence-corrected chi connectivity index (χ4v) is 3.06. The van der Waals surface area contributed by atoms with Gasteiger partial charge in [-0.05, 0) is 58.7 Å². The number of ether oxygens (including phenoxy) is 2. The molecule has 1 amide bonds. The average molecular weight is 359 g/mol. The van der Waals surface area contributed by atoms with Gasteiger partial charge in [0.2, 0.25) is 5.91 Å². The predicted molar refractivity (Wildman–Crippen MR) is 102 cm³/mol. The molecule has 0 saturated carbocycles. The van der Waals surface area contributed by atoms with Crippen LogP contribution in [0.1, 0.15) is 49.2 Å². The van der Waals surface area contributed by atoms with E-state index in [9.17, 15) is 4.79 Å². The van der Waals surface area contributed by atoms with Crippen LogP contribution >= 0.6 is 0 Å². The van der Waals surface area contributed by atoms with Crippen LogP contribution in [0.25, 0.3) is 0 Å². The second-order valence-electron chi connectivity index (χ2n) is 6.26. The molecule has 1 atom stereocenters. The molecule has 2 aromatic rings. The molecule has 0 spiro atoms. The molecule has 0 aliphatic heterocycles. The van der Waals surface area contributed by atoms with E-state index in [-0.39, 0.29) is 11.8 Å². The second-order valence-corrected chi connectivity index (χ2v) is 6.26. The highest BCUT2D eigenvalue weighted by molar-refractivity contribution is 5.83. The number of aromatic nitrogens is 2. The summed E-state index contributed by atoms with van der Waals surface area (Å²) in [6, 6.07) is 5.91. The number of H-pyrrole nitrogens is 1. The molecule has 6 nitrogen and oxygen atoms in total. The van der Waals surface area contributed by atoms with Crippen molar-refractivity contribution in [2.45, 2.75) is 47.0 Å². The third-order valence-corrected chi connectivity index (χ3v) is 4.33. The van der Waals surface area contributed by atoms with Crippen LogP contribution in [0, 0.1) is 13.8 Å². The Morgan fingerprint density at radius 3 is 2.50 bits per heavy atom. The van der Waals surface area contributed by atoms with Gasteiger partial charge in [-0.1, -0.05) is 6.07 Å². The molecule has 0 radical (unpaired) electrons. The van der Waals surface area contributed by atoms with Gasteiger partial charge in [-0.2, -0.15) is 5.10 Å². The summed E-state index contributed by atoms with van der Waals surface area (Å²) >= 11 is 0. The number of nitrogens with one attached hydrogen (secondary N) is 2. The maximum Gasteiger partial charge on any atom is 0.227 e. The SMILES string of the molecule is CCOc1ccc(CCNC(=O)C(C)c2c(C)n[nH]c2C)cc1OCC. The van der Waals surface area contributed by atoms with Crippen molar-refractivity contribution in [3.05, 3.63) is 40.7 Å². The van der Waals surface area contributed by atoms with Crippen LogP contribution in [0.2, 0.25) is 0 Å². The molecule has 0 aliphatic carbocycles. The summed E-state index contributed by atoms with van der Waals surface area (Å²) in [7, 11) is 0. The van der Waals surface area contributed by atoms with Crippen LogP contribution in [-0.2, 0) is 11.2 Å². The van der Waals surface area contributed by atoms with E-state index in [0.717, 1.165) is 40.4 Å². The number of amides is 1.